The van der Waals surface area contributed by atoms with Crippen LogP contribution in [0.1, 0.15) is 12.5 Å². The molecule has 0 saturated heterocycles. The van der Waals surface area contributed by atoms with Crippen molar-refractivity contribution in [2.75, 3.05) is 20.8 Å². The highest BCUT2D eigenvalue weighted by Gasteiger charge is 2.18. The maximum absolute atomic E-state index is 12.1. The predicted molar refractivity (Wildman–Crippen MR) is 98.9 cm³/mol. The fraction of sp³-hybridized carbons (Fsp3) is 0.300. The molecule has 0 aliphatic carbocycles. The summed E-state index contributed by atoms with van der Waals surface area (Å²) >= 11 is 0. The highest BCUT2D eigenvalue weighted by molar-refractivity contribution is 5.83. The fourth-order valence-electron chi connectivity index (χ4n) is 2.24. The van der Waals surface area contributed by atoms with Crippen molar-refractivity contribution in [2.45, 2.75) is 19.6 Å². The van der Waals surface area contributed by atoms with Crippen LogP contribution in [0.3, 0.4) is 0 Å². The Kier molecular flexibility index (Phi) is 7.49. The molecule has 2 aromatic rings. The lowest BCUT2D eigenvalue weighted by molar-refractivity contribution is -0.156. The van der Waals surface area contributed by atoms with Crippen LogP contribution in [0.4, 0.5) is 0 Å². The normalized spacial score (nSPS) is 11.2. The molecule has 1 atom stereocenters. The topological polar surface area (TPSA) is 83.1 Å². The van der Waals surface area contributed by atoms with Gasteiger partial charge in [-0.15, -0.1) is 0 Å². The molecule has 0 spiro atoms. The van der Waals surface area contributed by atoms with Gasteiger partial charge in [0.1, 0.15) is 5.75 Å². The van der Waals surface area contributed by atoms with Gasteiger partial charge in [-0.1, -0.05) is 24.3 Å². The maximum atomic E-state index is 12.1. The van der Waals surface area contributed by atoms with Gasteiger partial charge in [0.25, 0.3) is 5.91 Å². The molecular weight excluding hydrogens is 350 g/mol. The van der Waals surface area contributed by atoms with Gasteiger partial charge in [0.2, 0.25) is 0 Å². The minimum atomic E-state index is -0.933. The minimum absolute atomic E-state index is 0.322. The summed E-state index contributed by atoms with van der Waals surface area (Å²) in [5, 5.41) is 2.72. The lowest BCUT2D eigenvalue weighted by Gasteiger charge is -2.14. The monoisotopic (exact) mass is 373 g/mol. The highest BCUT2D eigenvalue weighted by Crippen LogP contribution is 2.25. The molecule has 0 fully saturated rings. The van der Waals surface area contributed by atoms with Crippen LogP contribution in [0.2, 0.25) is 0 Å². The summed E-state index contributed by atoms with van der Waals surface area (Å²) in [4.78, 5) is 24.0. The molecule has 1 N–H and O–H groups in total. The van der Waals surface area contributed by atoms with Gasteiger partial charge in [-0.05, 0) is 36.8 Å². The second kappa shape index (κ2) is 10.1. The van der Waals surface area contributed by atoms with Gasteiger partial charge in [-0.3, -0.25) is 4.79 Å². The van der Waals surface area contributed by atoms with Crippen LogP contribution in [0.25, 0.3) is 0 Å². The number of carbonyl (C=O) groups is 2. The van der Waals surface area contributed by atoms with Crippen molar-refractivity contribution in [3.8, 4) is 17.2 Å². The Morgan fingerprint density at radius 2 is 1.63 bits per heavy atom. The fourth-order valence-corrected chi connectivity index (χ4v) is 2.24. The number of nitrogens with one attached hydrogen (secondary N) is 1. The van der Waals surface area contributed by atoms with Crippen LogP contribution < -0.4 is 19.5 Å². The summed E-state index contributed by atoms with van der Waals surface area (Å²) < 4.78 is 20.7. The van der Waals surface area contributed by atoms with E-state index in [9.17, 15) is 9.59 Å². The zero-order chi connectivity index (χ0) is 19.6. The van der Waals surface area contributed by atoms with E-state index in [1.807, 2.05) is 12.1 Å². The maximum Gasteiger partial charge on any atom is 0.344 e. The summed E-state index contributed by atoms with van der Waals surface area (Å²) in [7, 11) is 3.10. The summed E-state index contributed by atoms with van der Waals surface area (Å²) in [5.74, 6) is 0.635. The lowest BCUT2D eigenvalue weighted by atomic mass is 10.2. The van der Waals surface area contributed by atoms with E-state index in [1.165, 1.54) is 14.0 Å². The average Bonchev–Trinajstić information content (AvgIpc) is 2.70. The van der Waals surface area contributed by atoms with Crippen molar-refractivity contribution in [2.24, 2.45) is 0 Å². The summed E-state index contributed by atoms with van der Waals surface area (Å²) in [6, 6.07) is 14.2. The number of benzene rings is 2. The quantitative estimate of drug-likeness (QED) is 0.680. The molecule has 7 heteroatoms. The van der Waals surface area contributed by atoms with Crippen molar-refractivity contribution < 1.29 is 28.5 Å². The molecule has 2 aromatic carbocycles. The predicted octanol–water partition coefficient (Wildman–Crippen LogP) is 2.33. The van der Waals surface area contributed by atoms with Gasteiger partial charge in [0, 0.05) is 6.54 Å². The van der Waals surface area contributed by atoms with Crippen molar-refractivity contribution in [1.82, 2.24) is 5.32 Å². The Morgan fingerprint density at radius 1 is 0.963 bits per heavy atom. The van der Waals surface area contributed by atoms with E-state index in [0.717, 1.165) is 11.3 Å². The first-order valence-corrected chi connectivity index (χ1v) is 8.39. The largest absolute Gasteiger partial charge is 0.497 e. The van der Waals surface area contributed by atoms with Crippen LogP contribution in [0, 0.1) is 0 Å². The van der Waals surface area contributed by atoms with Gasteiger partial charge >= 0.3 is 5.97 Å². The van der Waals surface area contributed by atoms with E-state index in [-0.39, 0.29) is 6.61 Å². The molecule has 2 rings (SSSR count). The zero-order valence-electron chi connectivity index (χ0n) is 15.6. The van der Waals surface area contributed by atoms with Crippen molar-refractivity contribution in [3.63, 3.8) is 0 Å². The molecular formula is C20H23NO6. The number of esters is 1. The first-order chi connectivity index (χ1) is 13.0. The number of methoxy groups -OCH3 is 2. The van der Waals surface area contributed by atoms with Crippen LogP contribution >= 0.6 is 0 Å². The number of carbonyl (C=O) groups excluding carboxylic acids is 2. The molecule has 1 amide bonds. The number of hydrogen-bond acceptors (Lipinski definition) is 6. The SMILES string of the molecule is COc1ccc(CNC(=O)[C@H](C)OC(=O)COc2ccccc2OC)cc1. The molecule has 0 aromatic heterocycles. The zero-order valence-corrected chi connectivity index (χ0v) is 15.6. The Hall–Kier alpha value is -3.22. The third kappa shape index (κ3) is 6.22. The van der Waals surface area contributed by atoms with Crippen LogP contribution in [-0.4, -0.2) is 38.8 Å². The molecule has 144 valence electrons. The van der Waals surface area contributed by atoms with E-state index < -0.39 is 18.0 Å². The standard InChI is InChI=1S/C20H23NO6/c1-14(20(23)21-12-15-8-10-16(24-2)11-9-15)27-19(22)13-26-18-7-5-4-6-17(18)25-3/h4-11,14H,12-13H2,1-3H3,(H,21,23)/t14-/m0/s1. The number of rotatable bonds is 9. The Labute approximate surface area is 158 Å². The third-order valence-electron chi connectivity index (χ3n) is 3.72. The van der Waals surface area contributed by atoms with Crippen LogP contribution in [0.15, 0.2) is 48.5 Å². The van der Waals surface area contributed by atoms with Crippen LogP contribution in [0.5, 0.6) is 17.2 Å². The van der Waals surface area contributed by atoms with E-state index in [1.54, 1.807) is 43.5 Å². The molecule has 0 saturated carbocycles. The van der Waals surface area contributed by atoms with Crippen molar-refractivity contribution in [1.29, 1.82) is 0 Å². The second-order valence-corrected chi connectivity index (χ2v) is 5.64. The molecule has 0 aliphatic rings. The molecule has 27 heavy (non-hydrogen) atoms. The minimum Gasteiger partial charge on any atom is -0.497 e. The van der Waals surface area contributed by atoms with Gasteiger partial charge in [0.15, 0.2) is 24.2 Å². The van der Waals surface area contributed by atoms with Crippen LogP contribution in [-0.2, 0) is 20.9 Å². The van der Waals surface area contributed by atoms with Crippen molar-refractivity contribution in [3.05, 3.63) is 54.1 Å². The second-order valence-electron chi connectivity index (χ2n) is 5.64. The number of ether oxygens (including phenoxy) is 4. The van der Waals surface area contributed by atoms with Gasteiger partial charge in [-0.2, -0.15) is 0 Å². The van der Waals surface area contributed by atoms with Gasteiger partial charge < -0.3 is 24.3 Å². The summed E-state index contributed by atoms with van der Waals surface area (Å²) in [6.07, 6.45) is -0.933. The molecule has 0 bridgehead atoms. The number of para-hydroxylation sites is 2. The highest BCUT2D eigenvalue weighted by atomic mass is 16.6. The number of hydrogen-bond donors (Lipinski definition) is 1. The Bertz CT molecular complexity index is 759. The van der Waals surface area contributed by atoms with Gasteiger partial charge in [-0.25, -0.2) is 4.79 Å². The Balaban J connectivity index is 1.76. The molecule has 0 radical (unpaired) electrons. The Morgan fingerprint density at radius 3 is 2.26 bits per heavy atom. The van der Waals surface area contributed by atoms with Gasteiger partial charge in [0.05, 0.1) is 14.2 Å². The molecule has 7 nitrogen and oxygen atoms in total. The van der Waals surface area contributed by atoms with E-state index in [2.05, 4.69) is 5.32 Å². The number of amides is 1. The summed E-state index contributed by atoms with van der Waals surface area (Å²) in [5.41, 5.74) is 0.905. The van der Waals surface area contributed by atoms with E-state index in [4.69, 9.17) is 18.9 Å². The first kappa shape index (κ1) is 20.1. The first-order valence-electron chi connectivity index (χ1n) is 8.39. The van der Waals surface area contributed by atoms with E-state index in [0.29, 0.717) is 18.0 Å². The molecule has 0 unspecified atom stereocenters. The molecule has 0 aliphatic heterocycles. The smallest absolute Gasteiger partial charge is 0.344 e. The average molecular weight is 373 g/mol. The molecule has 0 heterocycles. The van der Waals surface area contributed by atoms with E-state index >= 15 is 0 Å². The van der Waals surface area contributed by atoms with Crippen molar-refractivity contribution >= 4 is 11.9 Å². The third-order valence-corrected chi connectivity index (χ3v) is 3.72. The lowest BCUT2D eigenvalue weighted by Crippen LogP contribution is -2.36. The summed E-state index contributed by atoms with van der Waals surface area (Å²) in [6.45, 7) is 1.50.